The van der Waals surface area contributed by atoms with Gasteiger partial charge in [0.05, 0.1) is 92.0 Å². The fourth-order valence-electron chi connectivity index (χ4n) is 22.7. The zero-order chi connectivity index (χ0) is 86.6. The minimum absolute atomic E-state index is 0.157. The van der Waals surface area contributed by atoms with E-state index in [-0.39, 0.29) is 16.8 Å². The Balaban J connectivity index is 0.000000149. The van der Waals surface area contributed by atoms with Crippen LogP contribution in [0.5, 0.6) is 0 Å². The van der Waals surface area contributed by atoms with Gasteiger partial charge in [-0.05, 0) is 274 Å². The van der Waals surface area contributed by atoms with Gasteiger partial charge in [0.15, 0.2) is 0 Å². The summed E-state index contributed by atoms with van der Waals surface area (Å²) in [5.74, 6) is 2.84. The van der Waals surface area contributed by atoms with Crippen molar-refractivity contribution >= 4 is 0 Å². The lowest BCUT2D eigenvalue weighted by Crippen LogP contribution is -2.43. The number of likely N-dealkylation sites (N-methyl/N-ethyl adjacent to an activating group) is 10. The van der Waals surface area contributed by atoms with Crippen LogP contribution in [0.2, 0.25) is 0 Å². The molecule has 692 valence electrons. The Morgan fingerprint density at radius 2 is 0.672 bits per heavy atom. The van der Waals surface area contributed by atoms with Gasteiger partial charge in [-0.1, -0.05) is 66.2 Å². The van der Waals surface area contributed by atoms with E-state index in [9.17, 15) is 0 Å². The maximum absolute atomic E-state index is 6.49. The van der Waals surface area contributed by atoms with E-state index in [0.29, 0.717) is 70.3 Å². The second kappa shape index (κ2) is 48.2. The monoisotopic (exact) mass is 1700 g/mol. The summed E-state index contributed by atoms with van der Waals surface area (Å²) in [7, 11) is 20.9. The van der Waals surface area contributed by atoms with Crippen LogP contribution in [-0.2, 0) is 56.4 Å². The van der Waals surface area contributed by atoms with Gasteiger partial charge in [-0.25, -0.2) is 0 Å². The molecule has 0 amide bonds. The first-order valence-corrected chi connectivity index (χ1v) is 48.8. The van der Waals surface area contributed by atoms with Gasteiger partial charge in [0.1, 0.15) is 0 Å². The Hall–Kier alpha value is -4.55. The molecule has 0 aromatic carbocycles. The number of aromatic nitrogens is 10. The molecule has 15 rings (SSSR count). The molecule has 6 saturated carbocycles. The second-order valence-corrected chi connectivity index (χ2v) is 41.8. The van der Waals surface area contributed by atoms with Crippen molar-refractivity contribution in [2.75, 3.05) is 156 Å². The molecule has 6 aliphatic carbocycles. The van der Waals surface area contributed by atoms with E-state index >= 15 is 0 Å². The maximum atomic E-state index is 6.49. The van der Waals surface area contributed by atoms with E-state index in [1.165, 1.54) is 268 Å². The number of H-pyrrole nitrogens is 5. The Bertz CT molecular complexity index is 3640. The molecule has 10 fully saturated rings. The van der Waals surface area contributed by atoms with Crippen LogP contribution in [0.1, 0.15) is 339 Å². The molecule has 25 heteroatoms. The molecule has 122 heavy (non-hydrogen) atoms. The van der Waals surface area contributed by atoms with Crippen molar-refractivity contribution < 1.29 is 23.7 Å². The largest absolute Gasteiger partial charge is 0.376 e. The van der Waals surface area contributed by atoms with Crippen molar-refractivity contribution in [1.29, 1.82) is 0 Å². The molecule has 0 bridgehead atoms. The van der Waals surface area contributed by atoms with Crippen LogP contribution in [-0.4, -0.2) is 272 Å². The van der Waals surface area contributed by atoms with Gasteiger partial charge in [-0.2, -0.15) is 25.5 Å². The highest BCUT2D eigenvalue weighted by molar-refractivity contribution is 5.26. The first kappa shape index (κ1) is 98.1. The summed E-state index contributed by atoms with van der Waals surface area (Å²) in [6.45, 7) is 31.8. The van der Waals surface area contributed by atoms with Gasteiger partial charge < -0.3 is 74.8 Å². The third-order valence-corrected chi connectivity index (χ3v) is 30.1. The van der Waals surface area contributed by atoms with Crippen molar-refractivity contribution in [3.63, 3.8) is 0 Å². The fraction of sp³-hybridized carbons (Fsp3) is 0.845. The molecular formula is C97H174N20O5. The van der Waals surface area contributed by atoms with Crippen LogP contribution in [0.3, 0.4) is 0 Å². The number of hydrogen-bond acceptors (Lipinski definition) is 20. The molecule has 5 aromatic heterocycles. The highest BCUT2D eigenvalue weighted by atomic mass is 16.5. The number of nitrogens with zero attached hydrogens (tertiary/aromatic N) is 10. The average molecular weight is 1700 g/mol. The van der Waals surface area contributed by atoms with Crippen LogP contribution >= 0.6 is 0 Å². The van der Waals surface area contributed by atoms with Gasteiger partial charge in [0, 0.05) is 184 Å². The zero-order valence-corrected chi connectivity index (χ0v) is 79.7. The van der Waals surface area contributed by atoms with Crippen LogP contribution in [0.4, 0.5) is 0 Å². The Labute approximate surface area is 738 Å². The minimum atomic E-state index is 0.157. The van der Waals surface area contributed by atoms with Crippen molar-refractivity contribution in [3.8, 4) is 0 Å². The first-order valence-electron chi connectivity index (χ1n) is 48.8. The molecule has 5 aromatic rings. The molecule has 4 aliphatic heterocycles. The standard InChI is InChI=1S/3C20H36N4O.C19H34N4O.C18H32N4O/c1-15-11-20(12-16(2)25-15)7-5-17(6-8-20)19-18(13-22-23-19)14-24(4)10-9-21-3;1-19(2)7-9-20(10-8-19)6-5-16(15-25-20)18-17(13-22-23-18)14-24(4)12-11-21-3;1-21-12-13-24(2)15-17-14-22-23-20(17)16-8-10-19(11-9-16)25-18-6-4-3-5-7-18;1-18(2)13-19(24-14-18)7-5-15(6-8-19)17-16(11-21-22-17)12-23(4)10-9-20-3;1-19-10-11-22(2)13-16-12-20-21-17(16)15-6-9-18(23-14-15)7-4-3-5-8-18/h13,15-17,21H,5-12,14H2,1-4H3,(H,22,23);13,16,21H,5-12,14-15H2,1-4H3,(H,22,23);14,16,18-19,21H,3-13,15H2,1-2H3,(H,22,23);11,15,20H,5-10,12-14H2,1-4H3,(H,21,22);12,15,19H,3-11,13-14H2,1-2H3,(H,20,21). The van der Waals surface area contributed by atoms with Gasteiger partial charge >= 0.3 is 0 Å². The van der Waals surface area contributed by atoms with E-state index in [4.69, 9.17) is 23.7 Å². The van der Waals surface area contributed by atoms with E-state index in [2.05, 4.69) is 179 Å². The third-order valence-electron chi connectivity index (χ3n) is 30.1. The molecule has 9 heterocycles. The molecule has 4 unspecified atom stereocenters. The minimum Gasteiger partial charge on any atom is -0.376 e. The van der Waals surface area contributed by atoms with Crippen LogP contribution in [0.25, 0.3) is 0 Å². The predicted molar refractivity (Wildman–Crippen MR) is 495 cm³/mol. The molecular weight excluding hydrogens is 1530 g/mol. The number of rotatable bonds is 32. The topological polar surface area (TPSA) is 266 Å². The quantitative estimate of drug-likeness (QED) is 0.0192. The highest BCUT2D eigenvalue weighted by Gasteiger charge is 2.48. The zero-order valence-electron chi connectivity index (χ0n) is 79.7. The Morgan fingerprint density at radius 1 is 0.352 bits per heavy atom. The normalized spacial score (nSPS) is 26.5. The lowest BCUT2D eigenvalue weighted by atomic mass is 9.63. The van der Waals surface area contributed by atoms with Gasteiger partial charge in [-0.15, -0.1) is 0 Å². The highest BCUT2D eigenvalue weighted by Crippen LogP contribution is 2.54. The summed E-state index contributed by atoms with van der Waals surface area (Å²) < 4.78 is 31.5. The predicted octanol–water partition coefficient (Wildman–Crippen LogP) is 15.6. The lowest BCUT2D eigenvalue weighted by molar-refractivity contribution is -0.122. The molecule has 4 saturated heterocycles. The van der Waals surface area contributed by atoms with Crippen LogP contribution in [0.15, 0.2) is 31.0 Å². The number of hydrogen-bond donors (Lipinski definition) is 10. The molecule has 10 N–H and O–H groups in total. The smallest absolute Gasteiger partial charge is 0.0689 e. The maximum Gasteiger partial charge on any atom is 0.0689 e. The SMILES string of the molecule is CNCCN(C)Cc1cn[nH]c1C1CCC(OC2CCCCC2)CC1.CNCCN(C)Cc1cn[nH]c1C1CCC2(CC1)CC(C)(C)CO2.CNCCN(C)Cc1cn[nH]c1C1CCC2(CC1)CC(C)OC(C)C2.CNCCN(C)Cc1cn[nH]c1C1CCC2(CCC(C)(C)CC2)OC1.CNCCN(C)Cc1cn[nH]c1C1CCC2(CCCCC2)OC1. The first-order chi connectivity index (χ1) is 58.9. The van der Waals surface area contributed by atoms with E-state index in [1.807, 2.05) is 66.2 Å². The number of nitrogens with one attached hydrogen (secondary N) is 10. The second-order valence-electron chi connectivity index (χ2n) is 41.8. The molecule has 4 spiro atoms. The van der Waals surface area contributed by atoms with Crippen molar-refractivity contribution in [2.24, 2.45) is 16.2 Å². The molecule has 0 radical (unpaired) electrons. The summed E-state index contributed by atoms with van der Waals surface area (Å²) >= 11 is 0. The average Bonchev–Trinajstić information content (AvgIpc) is 1.50. The Morgan fingerprint density at radius 3 is 1.02 bits per heavy atom. The van der Waals surface area contributed by atoms with Gasteiger partial charge in [0.25, 0.3) is 0 Å². The van der Waals surface area contributed by atoms with E-state index in [0.717, 1.165) is 118 Å². The third kappa shape index (κ3) is 29.5. The molecule has 4 atom stereocenters. The van der Waals surface area contributed by atoms with E-state index in [1.54, 1.807) is 0 Å². The van der Waals surface area contributed by atoms with Crippen molar-refractivity contribution in [1.82, 2.24) is 102 Å². The lowest BCUT2D eigenvalue weighted by Gasteiger charge is -2.47. The van der Waals surface area contributed by atoms with Crippen LogP contribution in [0, 0.1) is 16.2 Å². The van der Waals surface area contributed by atoms with Crippen LogP contribution < -0.4 is 26.6 Å². The fourth-order valence-corrected chi connectivity index (χ4v) is 22.7. The number of ether oxygens (including phenoxy) is 5. The summed E-state index contributed by atoms with van der Waals surface area (Å²) in [5, 5.41) is 54.2. The van der Waals surface area contributed by atoms with Crippen molar-refractivity contribution in [2.45, 2.75) is 357 Å². The Kier molecular flexibility index (Phi) is 38.7. The summed E-state index contributed by atoms with van der Waals surface area (Å²) in [6.07, 6.45) is 53.8. The van der Waals surface area contributed by atoms with Crippen molar-refractivity contribution in [3.05, 3.63) is 87.3 Å². The van der Waals surface area contributed by atoms with E-state index < -0.39 is 0 Å². The van der Waals surface area contributed by atoms with Gasteiger partial charge in [0.2, 0.25) is 0 Å². The summed E-state index contributed by atoms with van der Waals surface area (Å²) in [6, 6.07) is 0. The van der Waals surface area contributed by atoms with Gasteiger partial charge in [-0.3, -0.25) is 25.5 Å². The summed E-state index contributed by atoms with van der Waals surface area (Å²) in [5.41, 5.74) is 15.4. The number of aromatic amines is 5. The summed E-state index contributed by atoms with van der Waals surface area (Å²) in [4.78, 5) is 11.8. The molecule has 25 nitrogen and oxygen atoms in total. The molecule has 10 aliphatic rings.